The molecule has 150 valence electrons. The number of urea groups is 1. The first kappa shape index (κ1) is 20.6. The van der Waals surface area contributed by atoms with Crippen LogP contribution in [0.25, 0.3) is 0 Å². The number of carbonyl (C=O) groups excluding carboxylic acids is 1. The van der Waals surface area contributed by atoms with E-state index >= 15 is 0 Å². The van der Waals surface area contributed by atoms with Gasteiger partial charge in [-0.25, -0.2) is 13.2 Å². The van der Waals surface area contributed by atoms with Crippen LogP contribution in [0, 0.1) is 0 Å². The average molecular weight is 422 g/mol. The van der Waals surface area contributed by atoms with Crippen molar-refractivity contribution in [2.24, 2.45) is 0 Å². The van der Waals surface area contributed by atoms with Crippen LogP contribution in [0.1, 0.15) is 25.7 Å². The molecule has 2 aromatic carbocycles. The fourth-order valence-corrected chi connectivity index (χ4v) is 5.34. The summed E-state index contributed by atoms with van der Waals surface area (Å²) in [5, 5.41) is 6.06. The number of nitrogens with zero attached hydrogens (tertiary/aromatic N) is 1. The molecule has 3 rings (SSSR count). The summed E-state index contributed by atoms with van der Waals surface area (Å²) in [5.41, 5.74) is 0.607. The molecule has 2 aromatic rings. The number of hydrogen-bond donors (Lipinski definition) is 2. The highest BCUT2D eigenvalue weighted by Gasteiger charge is 2.33. The Balaban J connectivity index is 1.57. The Morgan fingerprint density at radius 3 is 2.64 bits per heavy atom. The van der Waals surface area contributed by atoms with Crippen LogP contribution in [0.15, 0.2) is 59.5 Å². The van der Waals surface area contributed by atoms with Gasteiger partial charge in [0.1, 0.15) is 0 Å². The van der Waals surface area contributed by atoms with Crippen molar-refractivity contribution in [1.29, 1.82) is 0 Å². The van der Waals surface area contributed by atoms with Gasteiger partial charge in [-0.3, -0.25) is 0 Å². The summed E-state index contributed by atoms with van der Waals surface area (Å²) in [6.07, 6.45) is 3.20. The Morgan fingerprint density at radius 2 is 1.89 bits per heavy atom. The van der Waals surface area contributed by atoms with Gasteiger partial charge >= 0.3 is 6.03 Å². The lowest BCUT2D eigenvalue weighted by Gasteiger charge is -2.34. The third-order valence-electron chi connectivity index (χ3n) is 4.77. The summed E-state index contributed by atoms with van der Waals surface area (Å²) in [7, 11) is -3.52. The third-order valence-corrected chi connectivity index (χ3v) is 6.97. The Morgan fingerprint density at radius 1 is 1.11 bits per heavy atom. The zero-order valence-electron chi connectivity index (χ0n) is 15.5. The Labute approximate surface area is 170 Å². The minimum absolute atomic E-state index is 0.120. The third kappa shape index (κ3) is 5.25. The van der Waals surface area contributed by atoms with E-state index in [1.54, 1.807) is 58.9 Å². The van der Waals surface area contributed by atoms with Crippen LogP contribution >= 0.6 is 11.6 Å². The van der Waals surface area contributed by atoms with Crippen molar-refractivity contribution in [3.8, 4) is 0 Å². The summed E-state index contributed by atoms with van der Waals surface area (Å²) >= 11 is 5.91. The van der Waals surface area contributed by atoms with Crippen molar-refractivity contribution in [3.63, 3.8) is 0 Å². The van der Waals surface area contributed by atoms with Crippen molar-refractivity contribution >= 4 is 33.3 Å². The predicted molar refractivity (Wildman–Crippen MR) is 111 cm³/mol. The molecule has 1 aliphatic rings. The van der Waals surface area contributed by atoms with Gasteiger partial charge < -0.3 is 10.6 Å². The van der Waals surface area contributed by atoms with Crippen LogP contribution in [-0.4, -0.2) is 37.9 Å². The lowest BCUT2D eigenvalue weighted by Crippen LogP contribution is -2.45. The first-order chi connectivity index (χ1) is 13.5. The molecule has 1 saturated heterocycles. The van der Waals surface area contributed by atoms with Crippen LogP contribution in [0.5, 0.6) is 0 Å². The first-order valence-corrected chi connectivity index (χ1v) is 11.2. The SMILES string of the molecule is O=C(NCC[C@H]1CCCCN1S(=O)(=O)c1ccccc1)Nc1cccc(Cl)c1. The maximum Gasteiger partial charge on any atom is 0.319 e. The second-order valence-corrected chi connectivity index (χ2v) is 9.09. The van der Waals surface area contributed by atoms with Crippen LogP contribution in [0.2, 0.25) is 5.02 Å². The molecule has 6 nitrogen and oxygen atoms in total. The van der Waals surface area contributed by atoms with Crippen molar-refractivity contribution in [1.82, 2.24) is 9.62 Å². The van der Waals surface area contributed by atoms with Gasteiger partial charge in [0, 0.05) is 29.8 Å². The summed E-state index contributed by atoms with van der Waals surface area (Å²) < 4.78 is 27.5. The van der Waals surface area contributed by atoms with Gasteiger partial charge in [-0.15, -0.1) is 0 Å². The quantitative estimate of drug-likeness (QED) is 0.737. The van der Waals surface area contributed by atoms with E-state index in [0.717, 1.165) is 19.3 Å². The molecule has 0 radical (unpaired) electrons. The number of nitrogens with one attached hydrogen (secondary N) is 2. The van der Waals surface area contributed by atoms with Crippen molar-refractivity contribution in [2.75, 3.05) is 18.4 Å². The molecule has 0 saturated carbocycles. The molecule has 1 atom stereocenters. The maximum absolute atomic E-state index is 13.0. The number of halogens is 1. The minimum Gasteiger partial charge on any atom is -0.338 e. The van der Waals surface area contributed by atoms with Crippen molar-refractivity contribution in [3.05, 3.63) is 59.6 Å². The monoisotopic (exact) mass is 421 g/mol. The van der Waals surface area contributed by atoms with E-state index in [1.165, 1.54) is 0 Å². The van der Waals surface area contributed by atoms with Gasteiger partial charge in [0.25, 0.3) is 0 Å². The van der Waals surface area contributed by atoms with E-state index in [0.29, 0.717) is 35.1 Å². The molecule has 1 aliphatic heterocycles. The highest BCUT2D eigenvalue weighted by atomic mass is 35.5. The van der Waals surface area contributed by atoms with Crippen molar-refractivity contribution in [2.45, 2.75) is 36.6 Å². The zero-order valence-corrected chi connectivity index (χ0v) is 17.0. The highest BCUT2D eigenvalue weighted by Crippen LogP contribution is 2.26. The van der Waals surface area contributed by atoms with E-state index in [1.807, 2.05) is 0 Å². The number of amides is 2. The molecule has 2 amide bonds. The topological polar surface area (TPSA) is 78.5 Å². The maximum atomic E-state index is 13.0. The second-order valence-electron chi connectivity index (χ2n) is 6.76. The molecule has 1 fully saturated rings. The molecule has 0 unspecified atom stereocenters. The summed E-state index contributed by atoms with van der Waals surface area (Å²) in [4.78, 5) is 12.4. The van der Waals surface area contributed by atoms with E-state index in [-0.39, 0.29) is 12.1 Å². The smallest absolute Gasteiger partial charge is 0.319 e. The molecule has 2 N–H and O–H groups in total. The van der Waals surface area contributed by atoms with Gasteiger partial charge in [-0.2, -0.15) is 4.31 Å². The number of sulfonamides is 1. The normalized spacial score (nSPS) is 17.8. The summed E-state index contributed by atoms with van der Waals surface area (Å²) in [6, 6.07) is 14.9. The summed E-state index contributed by atoms with van der Waals surface area (Å²) in [6.45, 7) is 0.897. The number of anilines is 1. The number of benzene rings is 2. The van der Waals surface area contributed by atoms with Gasteiger partial charge in [-0.05, 0) is 49.6 Å². The molecule has 8 heteroatoms. The number of piperidine rings is 1. The molecule has 1 heterocycles. The molecular formula is C20H24ClN3O3S. The second kappa shape index (κ2) is 9.41. The molecule has 0 aromatic heterocycles. The van der Waals surface area contributed by atoms with Gasteiger partial charge in [0.2, 0.25) is 10.0 Å². The van der Waals surface area contributed by atoms with Crippen LogP contribution < -0.4 is 10.6 Å². The molecular weight excluding hydrogens is 398 g/mol. The molecule has 0 aliphatic carbocycles. The van der Waals surface area contributed by atoms with Gasteiger partial charge in [0.15, 0.2) is 0 Å². The molecule has 0 bridgehead atoms. The fraction of sp³-hybridized carbons (Fsp3) is 0.350. The van der Waals surface area contributed by atoms with Crippen LogP contribution in [0.4, 0.5) is 10.5 Å². The Kier molecular flexibility index (Phi) is 6.93. The standard InChI is InChI=1S/C20H24ClN3O3S/c21-16-7-6-8-17(15-16)23-20(25)22-13-12-18-9-4-5-14-24(18)28(26,27)19-10-2-1-3-11-19/h1-3,6-8,10-11,15,18H,4-5,9,12-14H2,(H2,22,23,25)/t18-/m1/s1. The molecule has 28 heavy (non-hydrogen) atoms. The van der Waals surface area contributed by atoms with Crippen molar-refractivity contribution < 1.29 is 13.2 Å². The first-order valence-electron chi connectivity index (χ1n) is 9.34. The number of rotatable bonds is 6. The average Bonchev–Trinajstić information content (AvgIpc) is 2.69. The fourth-order valence-electron chi connectivity index (χ4n) is 3.40. The predicted octanol–water partition coefficient (Wildman–Crippen LogP) is 4.10. The minimum atomic E-state index is -3.52. The van der Waals surface area contributed by atoms with Crippen LogP contribution in [-0.2, 0) is 10.0 Å². The van der Waals surface area contributed by atoms with E-state index < -0.39 is 10.0 Å². The highest BCUT2D eigenvalue weighted by molar-refractivity contribution is 7.89. The number of carbonyl (C=O) groups is 1. The lowest BCUT2D eigenvalue weighted by atomic mass is 10.0. The largest absolute Gasteiger partial charge is 0.338 e. The molecule has 0 spiro atoms. The van der Waals surface area contributed by atoms with E-state index in [2.05, 4.69) is 10.6 Å². The van der Waals surface area contributed by atoms with Gasteiger partial charge in [0.05, 0.1) is 4.90 Å². The van der Waals surface area contributed by atoms with E-state index in [9.17, 15) is 13.2 Å². The Hall–Kier alpha value is -2.09. The number of hydrogen-bond acceptors (Lipinski definition) is 3. The van der Waals surface area contributed by atoms with Crippen LogP contribution in [0.3, 0.4) is 0 Å². The lowest BCUT2D eigenvalue weighted by molar-refractivity contribution is 0.234. The van der Waals surface area contributed by atoms with Gasteiger partial charge in [-0.1, -0.05) is 42.3 Å². The Bertz CT molecular complexity index is 906. The summed E-state index contributed by atoms with van der Waals surface area (Å²) in [5.74, 6) is 0. The van der Waals surface area contributed by atoms with E-state index in [4.69, 9.17) is 11.6 Å². The zero-order chi connectivity index (χ0) is 20.0.